The van der Waals surface area contributed by atoms with Crippen LogP contribution in [-0.2, 0) is 4.74 Å². The summed E-state index contributed by atoms with van der Waals surface area (Å²) in [4.78, 5) is 26.9. The maximum Gasteiger partial charge on any atom is 0.412 e. The van der Waals surface area contributed by atoms with Gasteiger partial charge in [-0.2, -0.15) is 11.3 Å². The zero-order valence-electron chi connectivity index (χ0n) is 15.3. The smallest absolute Gasteiger partial charge is 0.412 e. The predicted molar refractivity (Wildman–Crippen MR) is 104 cm³/mol. The van der Waals surface area contributed by atoms with Gasteiger partial charge in [0.2, 0.25) is 0 Å². The first-order valence-corrected chi connectivity index (χ1v) is 9.71. The summed E-state index contributed by atoms with van der Waals surface area (Å²) in [6.45, 7) is 6.18. The van der Waals surface area contributed by atoms with Crippen LogP contribution in [0.2, 0.25) is 0 Å². The van der Waals surface area contributed by atoms with Crippen molar-refractivity contribution in [1.29, 1.82) is 0 Å². The number of rotatable bonds is 3. The molecular formula is C20H24N2O3S. The number of hydrogen-bond donors (Lipinski definition) is 1. The molecule has 1 N–H and O–H groups in total. The largest absolute Gasteiger partial charge is 0.444 e. The van der Waals surface area contributed by atoms with Crippen LogP contribution in [0, 0.1) is 0 Å². The second kappa shape index (κ2) is 7.50. The molecule has 1 aromatic carbocycles. The van der Waals surface area contributed by atoms with E-state index in [9.17, 15) is 9.59 Å². The monoisotopic (exact) mass is 372 g/mol. The van der Waals surface area contributed by atoms with Gasteiger partial charge in [0.05, 0.1) is 6.04 Å². The van der Waals surface area contributed by atoms with Crippen molar-refractivity contribution in [2.75, 3.05) is 11.9 Å². The van der Waals surface area contributed by atoms with E-state index in [1.54, 1.807) is 35.6 Å². The first kappa shape index (κ1) is 18.5. The zero-order chi connectivity index (χ0) is 18.7. The summed E-state index contributed by atoms with van der Waals surface area (Å²) in [5.41, 5.74) is 1.75. The van der Waals surface area contributed by atoms with Crippen molar-refractivity contribution in [3.63, 3.8) is 0 Å². The highest BCUT2D eigenvalue weighted by Gasteiger charge is 2.30. The zero-order valence-corrected chi connectivity index (χ0v) is 16.1. The lowest BCUT2D eigenvalue weighted by Gasteiger charge is -2.24. The molecule has 0 aliphatic carbocycles. The third-order valence-electron chi connectivity index (χ3n) is 4.20. The molecule has 1 saturated heterocycles. The minimum atomic E-state index is -0.569. The molecule has 2 aromatic rings. The third kappa shape index (κ3) is 4.43. The van der Waals surface area contributed by atoms with E-state index in [-0.39, 0.29) is 11.9 Å². The number of likely N-dealkylation sites (tertiary alicyclic amines) is 1. The summed E-state index contributed by atoms with van der Waals surface area (Å²) < 4.78 is 5.26. The van der Waals surface area contributed by atoms with Crippen LogP contribution in [0.15, 0.2) is 41.1 Å². The lowest BCUT2D eigenvalue weighted by molar-refractivity contribution is 0.0634. The number of nitrogens with one attached hydrogen (secondary N) is 1. The van der Waals surface area contributed by atoms with Crippen LogP contribution in [0.5, 0.6) is 0 Å². The maximum atomic E-state index is 13.0. The molecule has 1 aliphatic heterocycles. The first-order valence-electron chi connectivity index (χ1n) is 8.76. The van der Waals surface area contributed by atoms with Crippen LogP contribution in [0.25, 0.3) is 0 Å². The van der Waals surface area contributed by atoms with Gasteiger partial charge in [-0.3, -0.25) is 10.1 Å². The molecule has 1 fully saturated rings. The molecule has 5 nitrogen and oxygen atoms in total. The van der Waals surface area contributed by atoms with Gasteiger partial charge in [-0.15, -0.1) is 0 Å². The molecule has 6 heteroatoms. The third-order valence-corrected chi connectivity index (χ3v) is 4.90. The summed E-state index contributed by atoms with van der Waals surface area (Å²) in [5, 5.41) is 6.84. The Morgan fingerprint density at radius 3 is 2.77 bits per heavy atom. The Hall–Kier alpha value is -2.34. The van der Waals surface area contributed by atoms with Crippen LogP contribution in [-0.4, -0.2) is 29.0 Å². The van der Waals surface area contributed by atoms with Gasteiger partial charge in [0, 0.05) is 17.8 Å². The van der Waals surface area contributed by atoms with Crippen molar-refractivity contribution in [1.82, 2.24) is 4.90 Å². The Bertz CT molecular complexity index is 781. The fraction of sp³-hybridized carbons (Fsp3) is 0.400. The number of carbonyl (C=O) groups excluding carboxylic acids is 2. The van der Waals surface area contributed by atoms with Crippen molar-refractivity contribution in [2.45, 2.75) is 45.3 Å². The Balaban J connectivity index is 1.73. The van der Waals surface area contributed by atoms with Crippen molar-refractivity contribution in [3.05, 3.63) is 52.2 Å². The minimum absolute atomic E-state index is 0.00783. The molecular weight excluding hydrogens is 348 g/mol. The molecule has 1 unspecified atom stereocenters. The lowest BCUT2D eigenvalue weighted by atomic mass is 10.1. The average molecular weight is 372 g/mol. The predicted octanol–water partition coefficient (Wildman–Crippen LogP) is 5.07. The summed E-state index contributed by atoms with van der Waals surface area (Å²) >= 11 is 1.65. The van der Waals surface area contributed by atoms with Gasteiger partial charge < -0.3 is 9.64 Å². The highest BCUT2D eigenvalue weighted by molar-refractivity contribution is 7.08. The number of hydrogen-bond acceptors (Lipinski definition) is 4. The lowest BCUT2D eigenvalue weighted by Crippen LogP contribution is -2.30. The number of nitrogens with zero attached hydrogens (tertiary/aromatic N) is 1. The van der Waals surface area contributed by atoms with Crippen molar-refractivity contribution >= 4 is 29.0 Å². The quantitative estimate of drug-likeness (QED) is 0.818. The fourth-order valence-electron chi connectivity index (χ4n) is 3.14. The van der Waals surface area contributed by atoms with Gasteiger partial charge in [0.15, 0.2) is 0 Å². The molecule has 0 radical (unpaired) electrons. The average Bonchev–Trinajstić information content (AvgIpc) is 3.23. The van der Waals surface area contributed by atoms with Crippen LogP contribution in [0.3, 0.4) is 0 Å². The number of anilines is 1. The normalized spacial score (nSPS) is 17.2. The highest BCUT2D eigenvalue weighted by atomic mass is 32.1. The van der Waals surface area contributed by atoms with Crippen LogP contribution >= 0.6 is 11.3 Å². The van der Waals surface area contributed by atoms with E-state index < -0.39 is 11.7 Å². The second-order valence-electron chi connectivity index (χ2n) is 7.42. The van der Waals surface area contributed by atoms with Gasteiger partial charge >= 0.3 is 6.09 Å². The molecule has 1 aliphatic rings. The molecule has 138 valence electrons. The minimum Gasteiger partial charge on any atom is -0.444 e. The Kier molecular flexibility index (Phi) is 5.32. The summed E-state index contributed by atoms with van der Waals surface area (Å²) in [6, 6.07) is 9.23. The number of carbonyl (C=O) groups is 2. The number of ether oxygens (including phenoxy) is 1. The van der Waals surface area contributed by atoms with Gasteiger partial charge in [-0.1, -0.05) is 6.07 Å². The van der Waals surface area contributed by atoms with Gasteiger partial charge in [-0.25, -0.2) is 4.79 Å². The molecule has 0 spiro atoms. The summed E-state index contributed by atoms with van der Waals surface area (Å²) in [6.07, 6.45) is 1.46. The van der Waals surface area contributed by atoms with E-state index in [0.717, 1.165) is 19.4 Å². The maximum absolute atomic E-state index is 13.0. The van der Waals surface area contributed by atoms with E-state index in [1.165, 1.54) is 5.56 Å². The standard InChI is InChI=1S/C20H24N2O3S/c1-20(2,3)25-19(24)21-16-7-4-6-14(12-16)18(23)22-10-5-8-17(22)15-9-11-26-13-15/h4,6-7,9,11-13,17H,5,8,10H2,1-3H3,(H,21,24). The van der Waals surface area contributed by atoms with Crippen LogP contribution in [0.1, 0.15) is 55.6 Å². The van der Waals surface area contributed by atoms with Crippen LogP contribution < -0.4 is 5.32 Å². The SMILES string of the molecule is CC(C)(C)OC(=O)Nc1cccc(C(=O)N2CCCC2c2ccsc2)c1. The van der Waals surface area contributed by atoms with Crippen LogP contribution in [0.4, 0.5) is 10.5 Å². The van der Waals surface area contributed by atoms with E-state index in [1.807, 2.05) is 31.1 Å². The number of benzene rings is 1. The Morgan fingerprint density at radius 1 is 1.27 bits per heavy atom. The topological polar surface area (TPSA) is 58.6 Å². The highest BCUT2D eigenvalue weighted by Crippen LogP contribution is 2.34. The summed E-state index contributed by atoms with van der Waals surface area (Å²) in [5.74, 6) is -0.00783. The molecule has 0 bridgehead atoms. The first-order chi connectivity index (χ1) is 12.3. The van der Waals surface area contributed by atoms with E-state index in [0.29, 0.717) is 11.3 Å². The second-order valence-corrected chi connectivity index (χ2v) is 8.20. The van der Waals surface area contributed by atoms with E-state index in [4.69, 9.17) is 4.74 Å². The molecule has 1 aromatic heterocycles. The van der Waals surface area contributed by atoms with Crippen molar-refractivity contribution in [3.8, 4) is 0 Å². The van der Waals surface area contributed by atoms with Gasteiger partial charge in [0.1, 0.15) is 5.60 Å². The molecule has 2 heterocycles. The van der Waals surface area contributed by atoms with Crippen molar-refractivity contribution < 1.29 is 14.3 Å². The Labute approximate surface area is 158 Å². The molecule has 0 saturated carbocycles. The van der Waals surface area contributed by atoms with Crippen molar-refractivity contribution in [2.24, 2.45) is 0 Å². The van der Waals surface area contributed by atoms with E-state index in [2.05, 4.69) is 16.8 Å². The molecule has 2 amide bonds. The molecule has 1 atom stereocenters. The molecule has 3 rings (SSSR count). The fourth-order valence-corrected chi connectivity index (χ4v) is 3.85. The van der Waals surface area contributed by atoms with E-state index >= 15 is 0 Å². The Morgan fingerprint density at radius 2 is 2.08 bits per heavy atom. The van der Waals surface area contributed by atoms with Gasteiger partial charge in [-0.05, 0) is 74.2 Å². The molecule has 26 heavy (non-hydrogen) atoms. The van der Waals surface area contributed by atoms with Gasteiger partial charge in [0.25, 0.3) is 5.91 Å². The number of amides is 2. The summed E-state index contributed by atoms with van der Waals surface area (Å²) in [7, 11) is 0. The number of thiophene rings is 1.